The van der Waals surface area contributed by atoms with Gasteiger partial charge in [0.25, 0.3) is 5.91 Å². The van der Waals surface area contributed by atoms with Crippen LogP contribution in [0.2, 0.25) is 5.02 Å². The van der Waals surface area contributed by atoms with Gasteiger partial charge in [0.1, 0.15) is 11.9 Å². The number of aliphatic imine (C=N–C) groups is 2. The van der Waals surface area contributed by atoms with Gasteiger partial charge in [-0.05, 0) is 35.4 Å². The predicted molar refractivity (Wildman–Crippen MR) is 124 cm³/mol. The van der Waals surface area contributed by atoms with Gasteiger partial charge in [0.2, 0.25) is 0 Å². The highest BCUT2D eigenvalue weighted by atomic mass is 35.5. The first-order chi connectivity index (χ1) is 14.7. The van der Waals surface area contributed by atoms with Crippen LogP contribution in [0.1, 0.15) is 16.7 Å². The molecule has 30 heavy (non-hydrogen) atoms. The SMILES string of the molecule is O=C1N=C2c3ccccc3N=C(SCc3cccc(Cl)c3)N2C1Cc1ccccc1. The van der Waals surface area contributed by atoms with Crippen LogP contribution < -0.4 is 0 Å². The van der Waals surface area contributed by atoms with Gasteiger partial charge < -0.3 is 0 Å². The summed E-state index contributed by atoms with van der Waals surface area (Å²) in [5, 5.41) is 1.50. The number of carbonyl (C=O) groups excluding carboxylic acids is 1. The summed E-state index contributed by atoms with van der Waals surface area (Å²) in [5.41, 5.74) is 3.95. The van der Waals surface area contributed by atoms with Crippen LogP contribution >= 0.6 is 23.4 Å². The molecule has 3 aromatic rings. The molecule has 2 aliphatic rings. The minimum Gasteiger partial charge on any atom is -0.292 e. The van der Waals surface area contributed by atoms with Gasteiger partial charge in [-0.25, -0.2) is 4.99 Å². The molecule has 0 N–H and O–H groups in total. The van der Waals surface area contributed by atoms with Gasteiger partial charge >= 0.3 is 0 Å². The zero-order chi connectivity index (χ0) is 20.5. The van der Waals surface area contributed by atoms with Gasteiger partial charge in [0.15, 0.2) is 5.17 Å². The normalized spacial score (nSPS) is 17.3. The number of fused-ring (bicyclic) bond motifs is 3. The number of rotatable bonds is 4. The Labute approximate surface area is 184 Å². The van der Waals surface area contributed by atoms with Gasteiger partial charge in [-0.2, -0.15) is 4.99 Å². The van der Waals surface area contributed by atoms with E-state index in [-0.39, 0.29) is 11.9 Å². The minimum absolute atomic E-state index is 0.124. The Hall–Kier alpha value is -2.89. The molecule has 2 heterocycles. The molecule has 3 aromatic carbocycles. The predicted octanol–water partition coefficient (Wildman–Crippen LogP) is 5.47. The number of hydrogen-bond donors (Lipinski definition) is 0. The molecule has 1 amide bonds. The molecule has 0 bridgehead atoms. The summed E-state index contributed by atoms with van der Waals surface area (Å²) < 4.78 is 0. The Bertz CT molecular complexity index is 1180. The third-order valence-corrected chi connectivity index (χ3v) is 6.40. The van der Waals surface area contributed by atoms with Gasteiger partial charge in [-0.15, -0.1) is 0 Å². The molecule has 0 saturated heterocycles. The summed E-state index contributed by atoms with van der Waals surface area (Å²) in [6.45, 7) is 0. The summed E-state index contributed by atoms with van der Waals surface area (Å²) in [6.07, 6.45) is 0.589. The number of halogens is 1. The number of carbonyl (C=O) groups is 1. The maximum absolute atomic E-state index is 12.9. The highest BCUT2D eigenvalue weighted by Gasteiger charge is 2.41. The lowest BCUT2D eigenvalue weighted by atomic mass is 10.0. The fourth-order valence-electron chi connectivity index (χ4n) is 3.71. The van der Waals surface area contributed by atoms with E-state index in [9.17, 15) is 4.79 Å². The van der Waals surface area contributed by atoms with E-state index in [4.69, 9.17) is 16.6 Å². The van der Waals surface area contributed by atoms with Crippen molar-refractivity contribution in [1.29, 1.82) is 0 Å². The van der Waals surface area contributed by atoms with E-state index in [0.717, 1.165) is 27.5 Å². The quantitative estimate of drug-likeness (QED) is 0.549. The Kier molecular flexibility index (Phi) is 5.15. The summed E-state index contributed by atoms with van der Waals surface area (Å²) in [7, 11) is 0. The number of amidine groups is 2. The molecule has 6 heteroatoms. The Balaban J connectivity index is 1.49. The van der Waals surface area contributed by atoms with Crippen molar-refractivity contribution in [1.82, 2.24) is 4.90 Å². The zero-order valence-electron chi connectivity index (χ0n) is 16.0. The lowest BCUT2D eigenvalue weighted by Crippen LogP contribution is -2.44. The third kappa shape index (κ3) is 3.66. The molecule has 4 nitrogen and oxygen atoms in total. The zero-order valence-corrected chi connectivity index (χ0v) is 17.6. The maximum Gasteiger partial charge on any atom is 0.271 e. The van der Waals surface area contributed by atoms with Crippen LogP contribution in [0.3, 0.4) is 0 Å². The van der Waals surface area contributed by atoms with E-state index >= 15 is 0 Å². The number of nitrogens with zero attached hydrogens (tertiary/aromatic N) is 3. The Morgan fingerprint density at radius 3 is 2.50 bits per heavy atom. The number of para-hydroxylation sites is 1. The molecule has 0 aliphatic carbocycles. The molecule has 148 valence electrons. The second kappa shape index (κ2) is 8.09. The molecule has 0 spiro atoms. The average molecular weight is 432 g/mol. The molecular formula is C24H18ClN3OS. The standard InChI is InChI=1S/C24H18ClN3OS/c25-18-10-6-9-17(13-18)15-30-24-26-20-12-5-4-11-19(20)22-27-23(29)21(28(22)24)14-16-7-2-1-3-8-16/h1-13,21H,14-15H2. The lowest BCUT2D eigenvalue weighted by Gasteiger charge is -2.31. The third-order valence-electron chi connectivity index (χ3n) is 5.14. The average Bonchev–Trinajstić information content (AvgIpc) is 3.09. The fourth-order valence-corrected chi connectivity index (χ4v) is 4.92. The number of benzene rings is 3. The monoisotopic (exact) mass is 431 g/mol. The van der Waals surface area contributed by atoms with Crippen LogP contribution in [0.25, 0.3) is 0 Å². The van der Waals surface area contributed by atoms with Crippen LogP contribution in [0.5, 0.6) is 0 Å². The van der Waals surface area contributed by atoms with Crippen LogP contribution in [0.4, 0.5) is 5.69 Å². The van der Waals surface area contributed by atoms with Crippen molar-refractivity contribution in [3.63, 3.8) is 0 Å². The highest BCUT2D eigenvalue weighted by Crippen LogP contribution is 2.35. The second-order valence-corrected chi connectivity index (χ2v) is 8.56. The van der Waals surface area contributed by atoms with Crippen molar-refractivity contribution >= 4 is 46.0 Å². The van der Waals surface area contributed by atoms with Crippen molar-refractivity contribution < 1.29 is 4.79 Å². The minimum atomic E-state index is -0.388. The molecule has 0 aromatic heterocycles. The van der Waals surface area contributed by atoms with E-state index in [0.29, 0.717) is 23.0 Å². The smallest absolute Gasteiger partial charge is 0.271 e. The van der Waals surface area contributed by atoms with Gasteiger partial charge in [-0.1, -0.05) is 78.0 Å². The van der Waals surface area contributed by atoms with Crippen molar-refractivity contribution in [2.45, 2.75) is 18.2 Å². The van der Waals surface area contributed by atoms with Crippen molar-refractivity contribution in [3.05, 3.63) is 101 Å². The fraction of sp³-hybridized carbons (Fsp3) is 0.125. The van der Waals surface area contributed by atoms with Gasteiger partial charge in [-0.3, -0.25) is 9.69 Å². The molecule has 1 unspecified atom stereocenters. The topological polar surface area (TPSA) is 45.0 Å². The van der Waals surface area contributed by atoms with Crippen LogP contribution in [-0.4, -0.2) is 27.9 Å². The first-order valence-electron chi connectivity index (χ1n) is 9.70. The maximum atomic E-state index is 12.9. The van der Waals surface area contributed by atoms with E-state index < -0.39 is 0 Å². The van der Waals surface area contributed by atoms with E-state index in [2.05, 4.69) is 4.99 Å². The summed E-state index contributed by atoms with van der Waals surface area (Å²) in [5.74, 6) is 1.28. The molecule has 0 radical (unpaired) electrons. The van der Waals surface area contributed by atoms with E-state index in [1.54, 1.807) is 11.8 Å². The van der Waals surface area contributed by atoms with E-state index in [1.807, 2.05) is 83.8 Å². The Morgan fingerprint density at radius 2 is 1.67 bits per heavy atom. The van der Waals surface area contributed by atoms with Gasteiger partial charge in [0, 0.05) is 22.8 Å². The molecule has 1 atom stereocenters. The van der Waals surface area contributed by atoms with Crippen LogP contribution in [0, 0.1) is 0 Å². The molecular weight excluding hydrogens is 414 g/mol. The van der Waals surface area contributed by atoms with Crippen LogP contribution in [-0.2, 0) is 17.0 Å². The van der Waals surface area contributed by atoms with E-state index in [1.165, 1.54) is 0 Å². The second-order valence-electron chi connectivity index (χ2n) is 7.18. The van der Waals surface area contributed by atoms with Crippen molar-refractivity contribution in [2.75, 3.05) is 0 Å². The van der Waals surface area contributed by atoms with Crippen LogP contribution in [0.15, 0.2) is 88.8 Å². The number of amides is 1. The number of thioether (sulfide) groups is 1. The summed E-state index contributed by atoms with van der Waals surface area (Å²) in [4.78, 5) is 24.2. The lowest BCUT2D eigenvalue weighted by molar-refractivity contribution is -0.119. The Morgan fingerprint density at radius 1 is 0.900 bits per heavy atom. The van der Waals surface area contributed by atoms with Crippen molar-refractivity contribution in [3.8, 4) is 0 Å². The molecule has 2 aliphatic heterocycles. The summed E-state index contributed by atoms with van der Waals surface area (Å²) in [6, 6.07) is 25.3. The van der Waals surface area contributed by atoms with Crippen molar-refractivity contribution in [2.24, 2.45) is 9.98 Å². The molecule has 0 saturated carbocycles. The number of hydrogen-bond acceptors (Lipinski definition) is 4. The molecule has 5 rings (SSSR count). The summed E-state index contributed by atoms with van der Waals surface area (Å²) >= 11 is 7.74. The first kappa shape index (κ1) is 19.1. The van der Waals surface area contributed by atoms with Gasteiger partial charge in [0.05, 0.1) is 5.69 Å². The molecule has 0 fully saturated rings. The largest absolute Gasteiger partial charge is 0.292 e. The first-order valence-corrected chi connectivity index (χ1v) is 11.1. The highest BCUT2D eigenvalue weighted by molar-refractivity contribution is 8.13.